The van der Waals surface area contributed by atoms with E-state index in [2.05, 4.69) is 117 Å². The van der Waals surface area contributed by atoms with Gasteiger partial charge in [-0.2, -0.15) is 0 Å². The molecule has 2 aromatic heterocycles. The second kappa shape index (κ2) is 13.5. The van der Waals surface area contributed by atoms with Crippen LogP contribution in [0.15, 0.2) is 72.8 Å². The summed E-state index contributed by atoms with van der Waals surface area (Å²) in [4.78, 5) is 0. The zero-order chi connectivity index (χ0) is 21.4. The van der Waals surface area contributed by atoms with Crippen LogP contribution in [0.3, 0.4) is 0 Å². The normalized spacial score (nSPS) is 9.62. The van der Waals surface area contributed by atoms with Gasteiger partial charge in [-0.1, -0.05) is 24.3 Å². The summed E-state index contributed by atoms with van der Waals surface area (Å²) in [5.74, 6) is 0. The van der Waals surface area contributed by atoms with Crippen LogP contribution < -0.4 is 0 Å². The molecule has 2 nitrogen and oxygen atoms in total. The molecule has 0 unspecified atom stereocenters. The molecule has 180 valence electrons. The maximum absolute atomic E-state index is 3.06. The molecule has 0 fully saturated rings. The van der Waals surface area contributed by atoms with E-state index in [-0.39, 0.29) is 39.7 Å². The second-order valence-corrected chi connectivity index (χ2v) is 7.75. The summed E-state index contributed by atoms with van der Waals surface area (Å²) in [6.45, 7) is 7.36. The Labute approximate surface area is 233 Å². The van der Waals surface area contributed by atoms with Crippen molar-refractivity contribution in [1.82, 2.24) is 9.13 Å². The van der Waals surface area contributed by atoms with Crippen LogP contribution in [0.2, 0.25) is 0 Å². The summed E-state index contributed by atoms with van der Waals surface area (Å²) in [5.41, 5.74) is 5.31. The summed E-state index contributed by atoms with van der Waals surface area (Å²) in [6.07, 6.45) is 0. The van der Waals surface area contributed by atoms with E-state index in [1.807, 2.05) is 0 Å². The molecular formula is C28H32Cl2N2SiZr-4. The van der Waals surface area contributed by atoms with Gasteiger partial charge in [-0.25, -0.2) is 0 Å². The van der Waals surface area contributed by atoms with Crippen LogP contribution in [0.1, 0.15) is 11.4 Å². The molecule has 0 N–H and O–H groups in total. The molecule has 0 saturated heterocycles. The van der Waals surface area contributed by atoms with Crippen molar-refractivity contribution in [3.63, 3.8) is 0 Å². The van der Waals surface area contributed by atoms with E-state index in [0.717, 1.165) is 0 Å². The fourth-order valence-electron chi connectivity index (χ4n) is 4.31. The van der Waals surface area contributed by atoms with E-state index in [0.29, 0.717) is 0 Å². The van der Waals surface area contributed by atoms with Gasteiger partial charge in [-0.3, -0.25) is 0 Å². The number of benzene rings is 2. The van der Waals surface area contributed by atoms with Crippen molar-refractivity contribution in [3.8, 4) is 0 Å². The van der Waals surface area contributed by atoms with Gasteiger partial charge < -0.3 is 24.0 Å². The number of hydrogen-bond donors (Lipinski definition) is 0. The number of aromatic nitrogens is 2. The van der Waals surface area contributed by atoms with E-state index in [1.165, 1.54) is 78.1 Å². The molecular weight excluding hydrogens is 555 g/mol. The Balaban J connectivity index is 0.000000538. The molecule has 6 rings (SSSR count). The molecule has 0 atom stereocenters. The zero-order valence-corrected chi connectivity index (χ0v) is 25.7. The van der Waals surface area contributed by atoms with Gasteiger partial charge in [0.2, 0.25) is 0 Å². The third kappa shape index (κ3) is 5.62. The molecule has 0 saturated carbocycles. The van der Waals surface area contributed by atoms with Crippen LogP contribution in [-0.4, -0.2) is 16.0 Å². The van der Waals surface area contributed by atoms with E-state index >= 15 is 0 Å². The van der Waals surface area contributed by atoms with Crippen LogP contribution in [0, 0.1) is 28.7 Å². The van der Waals surface area contributed by atoms with Crippen molar-refractivity contribution < 1.29 is 23.3 Å². The molecule has 6 heteroatoms. The number of hydrogen-bond acceptors (Lipinski definition) is 0. The number of rotatable bonds is 0. The van der Waals surface area contributed by atoms with E-state index in [4.69, 9.17) is 0 Å². The van der Waals surface area contributed by atoms with Crippen LogP contribution in [0.5, 0.6) is 0 Å². The first kappa shape index (κ1) is 32.4. The van der Waals surface area contributed by atoms with Gasteiger partial charge >= 0.3 is 30.2 Å². The van der Waals surface area contributed by atoms with Gasteiger partial charge in [0.1, 0.15) is 0 Å². The van der Waals surface area contributed by atoms with Crippen molar-refractivity contribution in [2.45, 2.75) is 13.8 Å². The fourth-order valence-corrected chi connectivity index (χ4v) is 4.31. The summed E-state index contributed by atoms with van der Waals surface area (Å²) in [6, 6.07) is 26.2. The Morgan fingerprint density at radius 2 is 0.941 bits per heavy atom. The predicted octanol–water partition coefficient (Wildman–Crippen LogP) is 8.08. The molecule has 34 heavy (non-hydrogen) atoms. The van der Waals surface area contributed by atoms with Gasteiger partial charge in [0.25, 0.3) is 0 Å². The van der Waals surface area contributed by atoms with Crippen molar-refractivity contribution in [3.05, 3.63) is 99.0 Å². The van der Waals surface area contributed by atoms with Crippen molar-refractivity contribution in [2.24, 2.45) is 14.1 Å². The SMILES string of the molecule is Cc1cc2c3ccccc3[cH-]c2n1C.Cc1cc2c3ccccc3[cH-]c2n1C.Cl.Cl.[CH3-].[CH3-].[Si]=[Zr]. The number of nitrogens with zero attached hydrogens (tertiary/aromatic N) is 2. The minimum absolute atomic E-state index is 0. The van der Waals surface area contributed by atoms with Gasteiger partial charge in [0.05, 0.1) is 0 Å². The molecule has 0 bridgehead atoms. The zero-order valence-electron chi connectivity index (χ0n) is 20.6. The molecule has 4 aromatic carbocycles. The van der Waals surface area contributed by atoms with E-state index < -0.39 is 0 Å². The Hall–Kier alpha value is -1.58. The standard InChI is InChI=1S/2C13H12N.2CH3.2ClH.Si.Zr/c2*1-9-7-12-11-6-4-3-5-10(11)8-13(12)14(9)2;;;;;;/h2*3-8H,1-2H3;2*1H3;2*1H;;/q4*-1;;;;. The fraction of sp³-hybridized carbons (Fsp3) is 0.143. The monoisotopic (exact) mass is 584 g/mol. The average Bonchev–Trinajstić information content (AvgIpc) is 3.47. The topological polar surface area (TPSA) is 9.86 Å². The number of aryl methyl sites for hydroxylation is 4. The first-order chi connectivity index (χ1) is 14.5. The third-order valence-corrected chi connectivity index (χ3v) is 6.13. The Bertz CT molecular complexity index is 1370. The summed E-state index contributed by atoms with van der Waals surface area (Å²) < 4.78 is 4.49. The molecule has 0 spiro atoms. The Morgan fingerprint density at radius 3 is 1.29 bits per heavy atom. The Morgan fingerprint density at radius 1 is 0.618 bits per heavy atom. The van der Waals surface area contributed by atoms with Crippen molar-refractivity contribution in [2.75, 3.05) is 0 Å². The average molecular weight is 587 g/mol. The summed E-state index contributed by atoms with van der Waals surface area (Å²) in [7, 11) is 4.24. The first-order valence-electron chi connectivity index (χ1n) is 10.0. The molecule has 0 aliphatic rings. The van der Waals surface area contributed by atoms with Gasteiger partial charge in [0.15, 0.2) is 0 Å². The molecule has 0 aliphatic heterocycles. The van der Waals surface area contributed by atoms with Crippen LogP contribution in [-0.2, 0) is 37.4 Å². The van der Waals surface area contributed by atoms with Crippen LogP contribution >= 0.6 is 24.8 Å². The molecule has 6 aromatic rings. The minimum atomic E-state index is 0. The number of halogens is 2. The number of fused-ring (bicyclic) bond motifs is 6. The van der Waals surface area contributed by atoms with Gasteiger partial charge in [0, 0.05) is 25.5 Å². The Kier molecular flexibility index (Phi) is 12.9. The predicted molar refractivity (Wildman–Crippen MR) is 155 cm³/mol. The first-order valence-corrected chi connectivity index (χ1v) is 14.2. The maximum atomic E-state index is 3.06. The van der Waals surface area contributed by atoms with E-state index in [9.17, 15) is 0 Å². The van der Waals surface area contributed by atoms with E-state index in [1.54, 1.807) is 0 Å². The summed E-state index contributed by atoms with van der Waals surface area (Å²) in [5, 5.41) is 8.17. The quantitative estimate of drug-likeness (QED) is 0.126. The molecule has 0 aliphatic carbocycles. The second-order valence-electron chi connectivity index (χ2n) is 7.75. The van der Waals surface area contributed by atoms with Crippen molar-refractivity contribution in [1.29, 1.82) is 0 Å². The van der Waals surface area contributed by atoms with Crippen LogP contribution in [0.25, 0.3) is 43.4 Å². The summed E-state index contributed by atoms with van der Waals surface area (Å²) >= 11 is 1.36. The van der Waals surface area contributed by atoms with Gasteiger partial charge in [-0.15, -0.1) is 106 Å². The molecule has 2 radical (unpaired) electrons. The third-order valence-electron chi connectivity index (χ3n) is 6.13. The van der Waals surface area contributed by atoms with Crippen LogP contribution in [0.4, 0.5) is 0 Å². The van der Waals surface area contributed by atoms with Crippen molar-refractivity contribution >= 4 is 75.0 Å². The molecule has 0 amide bonds. The molecule has 2 heterocycles. The van der Waals surface area contributed by atoms with Gasteiger partial charge in [-0.05, 0) is 24.9 Å².